The molecule has 13 nitrogen and oxygen atoms in total. The SMILES string of the molecule is COC1=C2C/C=C\CO[C@H]3[C@@H](O)[C@H](n4cnc5c(N)ncnc54)O[C@@H]3/C=C\C(=O)NC(=CC1=O)C2=O. The normalized spacial score (nSPS) is 28.8. The van der Waals surface area contributed by atoms with Crippen LogP contribution in [0.4, 0.5) is 5.82 Å². The second-order valence-corrected chi connectivity index (χ2v) is 8.15. The molecule has 3 aliphatic rings. The van der Waals surface area contributed by atoms with Gasteiger partial charge in [0.15, 0.2) is 23.5 Å². The van der Waals surface area contributed by atoms with Gasteiger partial charge in [0.1, 0.15) is 30.2 Å². The number of ether oxygens (including phenoxy) is 3. The molecule has 1 fully saturated rings. The second kappa shape index (κ2) is 9.45. The number of allylic oxidation sites excluding steroid dienone is 3. The van der Waals surface area contributed by atoms with E-state index in [1.807, 2.05) is 0 Å². The largest absolute Gasteiger partial charge is 0.492 e. The van der Waals surface area contributed by atoms with Gasteiger partial charge in [0.05, 0.1) is 31.3 Å². The lowest BCUT2D eigenvalue weighted by Gasteiger charge is -2.20. The van der Waals surface area contributed by atoms with Gasteiger partial charge in [-0.3, -0.25) is 19.0 Å². The number of aliphatic hydroxyl groups excluding tert-OH is 1. The maximum atomic E-state index is 12.8. The highest BCUT2D eigenvalue weighted by Gasteiger charge is 2.45. The Hall–Kier alpha value is -4.20. The number of nitrogens with one attached hydrogen (secondary N) is 1. The van der Waals surface area contributed by atoms with E-state index in [0.717, 1.165) is 12.2 Å². The number of hydrogen-bond acceptors (Lipinski definition) is 11. The monoisotopic (exact) mass is 494 g/mol. The zero-order chi connectivity index (χ0) is 25.4. The third-order valence-corrected chi connectivity index (χ3v) is 5.98. The molecule has 0 unspecified atom stereocenters. The number of carbonyl (C=O) groups is 3. The predicted molar refractivity (Wildman–Crippen MR) is 123 cm³/mol. The lowest BCUT2D eigenvalue weighted by molar-refractivity contribution is -0.120. The summed E-state index contributed by atoms with van der Waals surface area (Å²) in [6, 6.07) is 0. The average molecular weight is 494 g/mol. The van der Waals surface area contributed by atoms with E-state index in [1.54, 1.807) is 12.2 Å². The van der Waals surface area contributed by atoms with Crippen molar-refractivity contribution in [2.75, 3.05) is 19.5 Å². The minimum absolute atomic E-state index is 0.0641. The van der Waals surface area contributed by atoms with E-state index in [1.165, 1.54) is 30.4 Å². The van der Waals surface area contributed by atoms with Crippen LogP contribution in [0, 0.1) is 0 Å². The zero-order valence-electron chi connectivity index (χ0n) is 19.0. The molecular weight excluding hydrogens is 472 g/mol. The van der Waals surface area contributed by atoms with Crippen molar-refractivity contribution in [2.24, 2.45) is 0 Å². The summed E-state index contributed by atoms with van der Waals surface area (Å²) in [6.07, 6.45) is 5.90. The maximum Gasteiger partial charge on any atom is 0.248 e. The van der Waals surface area contributed by atoms with Gasteiger partial charge in [-0.2, -0.15) is 0 Å². The number of methoxy groups -OCH3 is 1. The summed E-state index contributed by atoms with van der Waals surface area (Å²) in [5.74, 6) is -1.60. The van der Waals surface area contributed by atoms with Crippen LogP contribution in [0.1, 0.15) is 12.6 Å². The van der Waals surface area contributed by atoms with Crippen LogP contribution in [-0.2, 0) is 28.6 Å². The van der Waals surface area contributed by atoms with Crippen molar-refractivity contribution in [3.63, 3.8) is 0 Å². The molecule has 4 atom stereocenters. The number of aromatic nitrogens is 4. The fourth-order valence-corrected chi connectivity index (χ4v) is 4.28. The van der Waals surface area contributed by atoms with Crippen LogP contribution in [0.3, 0.4) is 0 Å². The molecule has 13 heteroatoms. The van der Waals surface area contributed by atoms with Gasteiger partial charge in [-0.1, -0.05) is 12.2 Å². The maximum absolute atomic E-state index is 12.8. The van der Waals surface area contributed by atoms with E-state index in [-0.39, 0.29) is 35.9 Å². The minimum Gasteiger partial charge on any atom is -0.492 e. The average Bonchev–Trinajstić information content (AvgIpc) is 3.41. The number of rotatable bonds is 2. The number of fused-ring (bicyclic) bond motifs is 4. The molecule has 2 aromatic rings. The molecule has 0 aromatic carbocycles. The lowest BCUT2D eigenvalue weighted by Crippen LogP contribution is -2.35. The van der Waals surface area contributed by atoms with E-state index >= 15 is 0 Å². The number of ketones is 2. The number of carbonyl (C=O) groups excluding carboxylic acids is 3. The van der Waals surface area contributed by atoms with Gasteiger partial charge in [0, 0.05) is 12.2 Å². The van der Waals surface area contributed by atoms with Gasteiger partial charge in [-0.25, -0.2) is 15.0 Å². The Morgan fingerprint density at radius 2 is 2.06 bits per heavy atom. The second-order valence-electron chi connectivity index (χ2n) is 8.15. The van der Waals surface area contributed by atoms with Crippen molar-refractivity contribution in [1.29, 1.82) is 0 Å². The molecular formula is C23H22N6O7. The van der Waals surface area contributed by atoms with Crippen LogP contribution in [-0.4, -0.2) is 74.1 Å². The van der Waals surface area contributed by atoms with Crippen LogP contribution in [0.5, 0.6) is 0 Å². The standard InChI is InChI=1S/C23H22N6O7/c1-34-19-11-4-2-3-7-35-20-14(5-6-15(31)28-12(17(11)32)8-13(19)30)36-23(18(20)33)29-10-27-16-21(24)25-9-26-22(16)29/h2-3,5-6,8-10,14,18,20,23,33H,4,7H2,1H3,(H,28,31)(H2,24,25,26)/b3-2-,6-5-/t14-,18-,20-,23-/m1/s1. The molecule has 1 saturated heterocycles. The molecule has 5 rings (SSSR count). The van der Waals surface area contributed by atoms with Crippen LogP contribution >= 0.6 is 0 Å². The molecule has 186 valence electrons. The van der Waals surface area contributed by atoms with Crippen LogP contribution in [0.25, 0.3) is 11.2 Å². The highest BCUT2D eigenvalue weighted by atomic mass is 16.6. The molecule has 1 aliphatic carbocycles. The van der Waals surface area contributed by atoms with E-state index in [9.17, 15) is 19.5 Å². The van der Waals surface area contributed by atoms with Crippen LogP contribution in [0.2, 0.25) is 0 Å². The molecule has 36 heavy (non-hydrogen) atoms. The van der Waals surface area contributed by atoms with Crippen molar-refractivity contribution in [2.45, 2.75) is 31.0 Å². The molecule has 2 bridgehead atoms. The zero-order valence-corrected chi connectivity index (χ0v) is 19.0. The number of amides is 1. The Morgan fingerprint density at radius 1 is 1.22 bits per heavy atom. The highest BCUT2D eigenvalue weighted by molar-refractivity contribution is 6.23. The Morgan fingerprint density at radius 3 is 2.86 bits per heavy atom. The van der Waals surface area contributed by atoms with Crippen molar-refractivity contribution >= 4 is 34.5 Å². The number of nitrogens with two attached hydrogens (primary N) is 1. The Balaban J connectivity index is 1.45. The van der Waals surface area contributed by atoms with Crippen LogP contribution < -0.4 is 11.1 Å². The van der Waals surface area contributed by atoms with Gasteiger partial charge in [0.25, 0.3) is 0 Å². The lowest BCUT2D eigenvalue weighted by atomic mass is 9.95. The minimum atomic E-state index is -1.15. The van der Waals surface area contributed by atoms with E-state index in [4.69, 9.17) is 19.9 Å². The smallest absolute Gasteiger partial charge is 0.248 e. The first kappa shape index (κ1) is 23.5. The van der Waals surface area contributed by atoms with Gasteiger partial charge < -0.3 is 30.4 Å². The number of nitrogens with zero attached hydrogens (tertiary/aromatic N) is 4. The molecule has 1 amide bonds. The fourth-order valence-electron chi connectivity index (χ4n) is 4.28. The summed E-state index contributed by atoms with van der Waals surface area (Å²) >= 11 is 0. The highest BCUT2D eigenvalue weighted by Crippen LogP contribution is 2.34. The molecule has 4 N–H and O–H groups in total. The Bertz CT molecular complexity index is 1370. The van der Waals surface area contributed by atoms with Crippen LogP contribution in [0.15, 0.2) is 60.1 Å². The number of imidazole rings is 1. The molecule has 0 spiro atoms. The Labute approximate surface area is 203 Å². The predicted octanol–water partition coefficient (Wildman–Crippen LogP) is -0.379. The van der Waals surface area contributed by atoms with Crippen molar-refractivity contribution < 1.29 is 33.7 Å². The topological polar surface area (TPSA) is 181 Å². The first-order chi connectivity index (χ1) is 17.4. The molecule has 4 heterocycles. The van der Waals surface area contributed by atoms with Gasteiger partial charge >= 0.3 is 0 Å². The van der Waals surface area contributed by atoms with Crippen molar-refractivity contribution in [3.8, 4) is 0 Å². The number of anilines is 1. The number of aliphatic hydroxyl groups is 1. The van der Waals surface area contributed by atoms with E-state index < -0.39 is 42.0 Å². The third kappa shape index (κ3) is 4.08. The van der Waals surface area contributed by atoms with Crippen molar-refractivity contribution in [1.82, 2.24) is 24.8 Å². The van der Waals surface area contributed by atoms with E-state index in [0.29, 0.717) is 11.2 Å². The van der Waals surface area contributed by atoms with Gasteiger partial charge in [-0.15, -0.1) is 0 Å². The third-order valence-electron chi connectivity index (χ3n) is 5.98. The fraction of sp³-hybridized carbons (Fsp3) is 0.304. The molecule has 2 aliphatic heterocycles. The number of nitrogen functional groups attached to an aromatic ring is 1. The summed E-state index contributed by atoms with van der Waals surface area (Å²) in [5, 5.41) is 13.5. The molecule has 0 saturated carbocycles. The van der Waals surface area contributed by atoms with Gasteiger partial charge in [-0.05, 0) is 12.5 Å². The van der Waals surface area contributed by atoms with Gasteiger partial charge in [0.2, 0.25) is 17.5 Å². The Kier molecular flexibility index (Phi) is 6.18. The number of Topliss-reactive ketones (excluding diaryl/α,β-unsaturated/α-hetero) is 1. The molecule has 2 aromatic heterocycles. The summed E-state index contributed by atoms with van der Waals surface area (Å²) < 4.78 is 18.5. The summed E-state index contributed by atoms with van der Waals surface area (Å²) in [5.41, 5.74) is 6.54. The quantitative estimate of drug-likeness (QED) is 0.366. The first-order valence-electron chi connectivity index (χ1n) is 11.0. The molecule has 0 radical (unpaired) electrons. The summed E-state index contributed by atoms with van der Waals surface area (Å²) in [7, 11) is 1.30. The summed E-state index contributed by atoms with van der Waals surface area (Å²) in [4.78, 5) is 50.1. The first-order valence-corrected chi connectivity index (χ1v) is 11.0. The van der Waals surface area contributed by atoms with E-state index in [2.05, 4.69) is 20.3 Å². The summed E-state index contributed by atoms with van der Waals surface area (Å²) in [6.45, 7) is 0.0641. The number of hydrogen-bond donors (Lipinski definition) is 3. The van der Waals surface area contributed by atoms with Crippen molar-refractivity contribution in [3.05, 3.63) is 60.1 Å².